The smallest absolute Gasteiger partial charge is 0.199 e. The fraction of sp³-hybridized carbons (Fsp3) is 0.111. The summed E-state index contributed by atoms with van der Waals surface area (Å²) in [7, 11) is 0. The summed E-state index contributed by atoms with van der Waals surface area (Å²) in [6.45, 7) is 1.95. The quantitative estimate of drug-likeness (QED) is 0.816. The third kappa shape index (κ3) is 2.00. The lowest BCUT2D eigenvalue weighted by atomic mass is 10.2. The van der Waals surface area contributed by atoms with Gasteiger partial charge in [-0.2, -0.15) is 5.10 Å². The zero-order valence-corrected chi connectivity index (χ0v) is 10.9. The second-order valence-corrected chi connectivity index (χ2v) is 4.73. The van der Waals surface area contributed by atoms with Crippen LogP contribution in [0.1, 0.15) is 5.56 Å². The first-order valence-corrected chi connectivity index (χ1v) is 5.75. The number of aromatic amines is 1. The topological polar surface area (TPSA) is 33.6 Å². The standard InChI is InChI=1S/C9H7BrClN3S/c1-5-2-6(10)8(3-7(5)11)14-4-12-13-9(14)15/h2-4H,1H3,(H,13,15). The summed E-state index contributed by atoms with van der Waals surface area (Å²) in [4.78, 5) is 0. The SMILES string of the molecule is Cc1cc(Br)c(-n2cn[nH]c2=S)cc1Cl. The Morgan fingerprint density at radius 3 is 2.87 bits per heavy atom. The predicted octanol–water partition coefficient (Wildman–Crippen LogP) is 3.65. The van der Waals surface area contributed by atoms with Crippen molar-refractivity contribution in [1.82, 2.24) is 14.8 Å². The third-order valence-electron chi connectivity index (χ3n) is 2.04. The summed E-state index contributed by atoms with van der Waals surface area (Å²) in [5.41, 5.74) is 1.90. The first kappa shape index (κ1) is 10.9. The molecule has 78 valence electrons. The normalized spacial score (nSPS) is 10.6. The van der Waals surface area contributed by atoms with Gasteiger partial charge in [-0.05, 0) is 52.8 Å². The molecule has 2 rings (SSSR count). The van der Waals surface area contributed by atoms with Crippen molar-refractivity contribution >= 4 is 39.7 Å². The molecule has 0 atom stereocenters. The molecular formula is C9H7BrClN3S. The Morgan fingerprint density at radius 2 is 2.27 bits per heavy atom. The summed E-state index contributed by atoms with van der Waals surface area (Å²) < 4.78 is 3.22. The number of aryl methyl sites for hydroxylation is 1. The number of benzene rings is 1. The average molecular weight is 305 g/mol. The highest BCUT2D eigenvalue weighted by Crippen LogP contribution is 2.27. The van der Waals surface area contributed by atoms with Crippen LogP contribution in [-0.2, 0) is 0 Å². The van der Waals surface area contributed by atoms with Crippen molar-refractivity contribution in [2.24, 2.45) is 0 Å². The maximum Gasteiger partial charge on any atom is 0.199 e. The highest BCUT2D eigenvalue weighted by Gasteiger charge is 2.07. The fourth-order valence-corrected chi connectivity index (χ4v) is 2.25. The van der Waals surface area contributed by atoms with Crippen LogP contribution >= 0.6 is 39.7 Å². The van der Waals surface area contributed by atoms with Crippen LogP contribution in [0.4, 0.5) is 0 Å². The van der Waals surface area contributed by atoms with Gasteiger partial charge in [0.05, 0.1) is 5.69 Å². The van der Waals surface area contributed by atoms with E-state index in [1.807, 2.05) is 19.1 Å². The number of nitrogens with zero attached hydrogens (tertiary/aromatic N) is 2. The lowest BCUT2D eigenvalue weighted by Gasteiger charge is -2.07. The van der Waals surface area contributed by atoms with Crippen LogP contribution < -0.4 is 0 Å². The van der Waals surface area contributed by atoms with Crippen molar-refractivity contribution in [3.05, 3.63) is 38.3 Å². The first-order valence-electron chi connectivity index (χ1n) is 4.17. The molecule has 0 amide bonds. The summed E-state index contributed by atoms with van der Waals surface area (Å²) in [5.74, 6) is 0. The third-order valence-corrected chi connectivity index (χ3v) is 3.37. The molecule has 1 N–H and O–H groups in total. The van der Waals surface area contributed by atoms with E-state index in [1.165, 1.54) is 0 Å². The second kappa shape index (κ2) is 4.08. The Hall–Kier alpha value is -0.650. The van der Waals surface area contributed by atoms with Crippen LogP contribution in [0.5, 0.6) is 0 Å². The Bertz CT molecular complexity index is 561. The molecule has 0 saturated carbocycles. The van der Waals surface area contributed by atoms with E-state index in [0.717, 1.165) is 15.7 Å². The number of H-pyrrole nitrogens is 1. The Balaban J connectivity index is 2.69. The molecule has 2 aromatic rings. The van der Waals surface area contributed by atoms with Crippen molar-refractivity contribution < 1.29 is 0 Å². The molecule has 15 heavy (non-hydrogen) atoms. The van der Waals surface area contributed by atoms with Crippen molar-refractivity contribution in [2.45, 2.75) is 6.92 Å². The van der Waals surface area contributed by atoms with E-state index in [1.54, 1.807) is 10.9 Å². The molecule has 1 aromatic heterocycles. The van der Waals surface area contributed by atoms with E-state index in [4.69, 9.17) is 23.8 Å². The Morgan fingerprint density at radius 1 is 1.53 bits per heavy atom. The van der Waals surface area contributed by atoms with Gasteiger partial charge in [0.1, 0.15) is 6.33 Å². The van der Waals surface area contributed by atoms with Gasteiger partial charge in [0.2, 0.25) is 0 Å². The van der Waals surface area contributed by atoms with Gasteiger partial charge < -0.3 is 0 Å². The molecule has 0 fully saturated rings. The fourth-order valence-electron chi connectivity index (χ4n) is 1.24. The van der Waals surface area contributed by atoms with Gasteiger partial charge in [-0.3, -0.25) is 9.67 Å². The maximum atomic E-state index is 6.06. The van der Waals surface area contributed by atoms with Crippen LogP contribution in [0.25, 0.3) is 5.69 Å². The number of halogens is 2. The van der Waals surface area contributed by atoms with Gasteiger partial charge in [-0.1, -0.05) is 11.6 Å². The van der Waals surface area contributed by atoms with Gasteiger partial charge in [-0.15, -0.1) is 0 Å². The van der Waals surface area contributed by atoms with Gasteiger partial charge in [0.25, 0.3) is 0 Å². The van der Waals surface area contributed by atoms with E-state index >= 15 is 0 Å². The van der Waals surface area contributed by atoms with E-state index in [-0.39, 0.29) is 0 Å². The van der Waals surface area contributed by atoms with Gasteiger partial charge in [0, 0.05) is 9.50 Å². The molecule has 0 aliphatic heterocycles. The molecule has 0 spiro atoms. The molecule has 1 aromatic carbocycles. The first-order chi connectivity index (χ1) is 7.09. The number of nitrogens with one attached hydrogen (secondary N) is 1. The highest BCUT2D eigenvalue weighted by molar-refractivity contribution is 9.10. The monoisotopic (exact) mass is 303 g/mol. The minimum absolute atomic E-state index is 0.538. The van der Waals surface area contributed by atoms with Crippen molar-refractivity contribution in [3.63, 3.8) is 0 Å². The lowest BCUT2D eigenvalue weighted by Crippen LogP contribution is -1.94. The van der Waals surface area contributed by atoms with Gasteiger partial charge in [0.15, 0.2) is 4.77 Å². The zero-order valence-electron chi connectivity index (χ0n) is 7.79. The predicted molar refractivity (Wildman–Crippen MR) is 66.2 cm³/mol. The maximum absolute atomic E-state index is 6.06. The van der Waals surface area contributed by atoms with Crippen LogP contribution in [0.2, 0.25) is 5.02 Å². The average Bonchev–Trinajstić information content (AvgIpc) is 2.58. The number of hydrogen-bond acceptors (Lipinski definition) is 2. The largest absolute Gasteiger partial charge is 0.274 e. The van der Waals surface area contributed by atoms with Gasteiger partial charge >= 0.3 is 0 Å². The highest BCUT2D eigenvalue weighted by atomic mass is 79.9. The number of rotatable bonds is 1. The molecule has 0 aliphatic rings. The number of aromatic nitrogens is 3. The van der Waals surface area contributed by atoms with Gasteiger partial charge in [-0.25, -0.2) is 0 Å². The molecular weight excluding hydrogens is 298 g/mol. The molecule has 0 saturated heterocycles. The lowest BCUT2D eigenvalue weighted by molar-refractivity contribution is 1.02. The van der Waals surface area contributed by atoms with E-state index < -0.39 is 0 Å². The molecule has 0 aliphatic carbocycles. The van der Waals surface area contributed by atoms with E-state index in [9.17, 15) is 0 Å². The molecule has 0 unspecified atom stereocenters. The molecule has 0 radical (unpaired) electrons. The molecule has 1 heterocycles. The second-order valence-electron chi connectivity index (χ2n) is 3.08. The number of hydrogen-bond donors (Lipinski definition) is 1. The van der Waals surface area contributed by atoms with Crippen LogP contribution in [-0.4, -0.2) is 14.8 Å². The zero-order chi connectivity index (χ0) is 11.0. The van der Waals surface area contributed by atoms with Crippen LogP contribution in [0.15, 0.2) is 22.9 Å². The van der Waals surface area contributed by atoms with Crippen LogP contribution in [0, 0.1) is 11.7 Å². The summed E-state index contributed by atoms with van der Waals surface area (Å²) in [6.07, 6.45) is 1.62. The summed E-state index contributed by atoms with van der Waals surface area (Å²) in [6, 6.07) is 3.80. The summed E-state index contributed by atoms with van der Waals surface area (Å²) >= 11 is 14.6. The molecule has 0 bridgehead atoms. The van der Waals surface area contributed by atoms with Crippen LogP contribution in [0.3, 0.4) is 0 Å². The van der Waals surface area contributed by atoms with Crippen molar-refractivity contribution in [2.75, 3.05) is 0 Å². The van der Waals surface area contributed by atoms with Crippen molar-refractivity contribution in [1.29, 1.82) is 0 Å². The molecule has 3 nitrogen and oxygen atoms in total. The van der Waals surface area contributed by atoms with Crippen molar-refractivity contribution in [3.8, 4) is 5.69 Å². The Kier molecular flexibility index (Phi) is 2.95. The minimum Gasteiger partial charge on any atom is -0.274 e. The summed E-state index contributed by atoms with van der Waals surface area (Å²) in [5, 5.41) is 7.26. The Labute approximate surface area is 105 Å². The van der Waals surface area contributed by atoms with E-state index in [0.29, 0.717) is 9.79 Å². The molecule has 6 heteroatoms. The minimum atomic E-state index is 0.538. The van der Waals surface area contributed by atoms with E-state index in [2.05, 4.69) is 26.1 Å².